The summed E-state index contributed by atoms with van der Waals surface area (Å²) in [6.45, 7) is 4.22. The molecule has 0 aliphatic heterocycles. The summed E-state index contributed by atoms with van der Waals surface area (Å²) in [7, 11) is 0. The Kier molecular flexibility index (Phi) is 4.42. The van der Waals surface area contributed by atoms with Crippen LogP contribution in [0.3, 0.4) is 0 Å². The lowest BCUT2D eigenvalue weighted by molar-refractivity contribution is 0.249. The van der Waals surface area contributed by atoms with Crippen LogP contribution in [0.2, 0.25) is 0 Å². The van der Waals surface area contributed by atoms with Crippen LogP contribution in [-0.2, 0) is 0 Å². The molecule has 0 aromatic heterocycles. The molecule has 0 amide bonds. The van der Waals surface area contributed by atoms with Crippen molar-refractivity contribution in [2.45, 2.75) is 19.9 Å². The van der Waals surface area contributed by atoms with Gasteiger partial charge in [0.25, 0.3) is 0 Å². The standard InChI is InChI=1S/C11H17BrN2O/c1-7(2)11(6-15)14-10-5-8(12)3-4-9(10)13/h3-5,7,11,14-15H,6,13H2,1-2H3. The van der Waals surface area contributed by atoms with Gasteiger partial charge in [-0.05, 0) is 24.1 Å². The topological polar surface area (TPSA) is 58.3 Å². The molecule has 0 saturated heterocycles. The second kappa shape index (κ2) is 5.37. The van der Waals surface area contributed by atoms with Crippen LogP contribution in [0.25, 0.3) is 0 Å². The maximum atomic E-state index is 9.20. The highest BCUT2D eigenvalue weighted by Crippen LogP contribution is 2.24. The van der Waals surface area contributed by atoms with E-state index in [4.69, 9.17) is 5.73 Å². The van der Waals surface area contributed by atoms with Gasteiger partial charge in [-0.2, -0.15) is 0 Å². The average Bonchev–Trinajstić information content (AvgIpc) is 2.18. The molecule has 84 valence electrons. The first-order valence-electron chi connectivity index (χ1n) is 4.97. The van der Waals surface area contributed by atoms with Gasteiger partial charge in [0.05, 0.1) is 24.0 Å². The summed E-state index contributed by atoms with van der Waals surface area (Å²) in [6.07, 6.45) is 0. The maximum Gasteiger partial charge on any atom is 0.0635 e. The fourth-order valence-corrected chi connectivity index (χ4v) is 1.64. The lowest BCUT2D eigenvalue weighted by Crippen LogP contribution is -2.29. The third-order valence-electron chi connectivity index (χ3n) is 2.36. The quantitative estimate of drug-likeness (QED) is 0.738. The van der Waals surface area contributed by atoms with E-state index in [1.165, 1.54) is 0 Å². The molecule has 1 rings (SSSR count). The minimum atomic E-state index is 0.0293. The summed E-state index contributed by atoms with van der Waals surface area (Å²) in [5, 5.41) is 12.4. The molecule has 0 bridgehead atoms. The number of nitrogens with two attached hydrogens (primary N) is 1. The summed E-state index contributed by atoms with van der Waals surface area (Å²) in [5.41, 5.74) is 7.38. The SMILES string of the molecule is CC(C)C(CO)Nc1cc(Br)ccc1N. The van der Waals surface area contributed by atoms with Crippen LogP contribution >= 0.6 is 15.9 Å². The van der Waals surface area contributed by atoms with Crippen molar-refractivity contribution in [2.75, 3.05) is 17.7 Å². The van der Waals surface area contributed by atoms with Crippen LogP contribution in [0.4, 0.5) is 11.4 Å². The van der Waals surface area contributed by atoms with Crippen LogP contribution in [-0.4, -0.2) is 17.8 Å². The van der Waals surface area contributed by atoms with Crippen LogP contribution in [0, 0.1) is 5.92 Å². The molecule has 4 heteroatoms. The Morgan fingerprint density at radius 3 is 2.67 bits per heavy atom. The van der Waals surface area contributed by atoms with Gasteiger partial charge in [0.2, 0.25) is 0 Å². The minimum absolute atomic E-state index is 0.0293. The monoisotopic (exact) mass is 272 g/mol. The summed E-state index contributed by atoms with van der Waals surface area (Å²) in [5.74, 6) is 0.355. The van der Waals surface area contributed by atoms with Gasteiger partial charge in [-0.15, -0.1) is 0 Å². The Balaban J connectivity index is 2.82. The molecule has 4 N–H and O–H groups in total. The van der Waals surface area contributed by atoms with Gasteiger partial charge in [0.1, 0.15) is 0 Å². The Morgan fingerprint density at radius 2 is 2.13 bits per heavy atom. The number of halogens is 1. The van der Waals surface area contributed by atoms with Crippen molar-refractivity contribution in [1.29, 1.82) is 0 Å². The van der Waals surface area contributed by atoms with E-state index in [-0.39, 0.29) is 12.6 Å². The number of rotatable bonds is 4. The predicted octanol–water partition coefficient (Wildman–Crippen LogP) is 2.46. The number of aliphatic hydroxyl groups is 1. The largest absolute Gasteiger partial charge is 0.397 e. The number of anilines is 2. The first-order chi connectivity index (χ1) is 7.04. The van der Waals surface area contributed by atoms with Crippen molar-refractivity contribution >= 4 is 27.3 Å². The van der Waals surface area contributed by atoms with Gasteiger partial charge in [0, 0.05) is 4.47 Å². The van der Waals surface area contributed by atoms with E-state index in [2.05, 4.69) is 35.1 Å². The van der Waals surface area contributed by atoms with Gasteiger partial charge >= 0.3 is 0 Å². The molecule has 0 spiro atoms. The molecule has 0 radical (unpaired) electrons. The molecule has 0 fully saturated rings. The summed E-state index contributed by atoms with van der Waals surface area (Å²) in [4.78, 5) is 0. The van der Waals surface area contributed by atoms with Gasteiger partial charge in [0.15, 0.2) is 0 Å². The summed E-state index contributed by atoms with van der Waals surface area (Å²) >= 11 is 3.39. The fraction of sp³-hybridized carbons (Fsp3) is 0.455. The van der Waals surface area contributed by atoms with Crippen molar-refractivity contribution in [2.24, 2.45) is 5.92 Å². The zero-order chi connectivity index (χ0) is 11.4. The molecular weight excluding hydrogens is 256 g/mol. The highest BCUT2D eigenvalue weighted by molar-refractivity contribution is 9.10. The van der Waals surface area contributed by atoms with Gasteiger partial charge in [-0.25, -0.2) is 0 Å². The first kappa shape index (κ1) is 12.3. The lowest BCUT2D eigenvalue weighted by atomic mass is 10.0. The van der Waals surface area contributed by atoms with Crippen LogP contribution in [0.15, 0.2) is 22.7 Å². The second-order valence-corrected chi connectivity index (χ2v) is 4.82. The van der Waals surface area contributed by atoms with Gasteiger partial charge in [-0.3, -0.25) is 0 Å². The van der Waals surface area contributed by atoms with E-state index in [0.29, 0.717) is 11.6 Å². The number of hydrogen-bond donors (Lipinski definition) is 3. The number of nitrogens with one attached hydrogen (secondary N) is 1. The third-order valence-corrected chi connectivity index (χ3v) is 2.85. The summed E-state index contributed by atoms with van der Waals surface area (Å²) < 4.78 is 0.972. The Morgan fingerprint density at radius 1 is 1.47 bits per heavy atom. The molecule has 1 unspecified atom stereocenters. The van der Waals surface area contributed by atoms with Crippen LogP contribution in [0.5, 0.6) is 0 Å². The van der Waals surface area contributed by atoms with Crippen molar-refractivity contribution < 1.29 is 5.11 Å². The number of benzene rings is 1. The number of hydrogen-bond acceptors (Lipinski definition) is 3. The Hall–Kier alpha value is -0.740. The second-order valence-electron chi connectivity index (χ2n) is 3.91. The molecule has 0 heterocycles. The molecule has 15 heavy (non-hydrogen) atoms. The number of aliphatic hydroxyl groups excluding tert-OH is 1. The average molecular weight is 273 g/mol. The maximum absolute atomic E-state index is 9.20. The Bertz CT molecular complexity index is 328. The van der Waals surface area contributed by atoms with Crippen LogP contribution in [0.1, 0.15) is 13.8 Å². The highest BCUT2D eigenvalue weighted by atomic mass is 79.9. The zero-order valence-electron chi connectivity index (χ0n) is 9.00. The molecule has 1 atom stereocenters. The molecule has 1 aromatic rings. The summed E-state index contributed by atoms with van der Waals surface area (Å²) in [6, 6.07) is 5.67. The van der Waals surface area contributed by atoms with Crippen molar-refractivity contribution in [3.05, 3.63) is 22.7 Å². The van der Waals surface area contributed by atoms with E-state index < -0.39 is 0 Å². The van der Waals surface area contributed by atoms with E-state index in [1.807, 2.05) is 18.2 Å². The van der Waals surface area contributed by atoms with Gasteiger partial charge < -0.3 is 16.2 Å². The predicted molar refractivity (Wildman–Crippen MR) is 67.9 cm³/mol. The smallest absolute Gasteiger partial charge is 0.0635 e. The highest BCUT2D eigenvalue weighted by Gasteiger charge is 2.12. The van der Waals surface area contributed by atoms with Gasteiger partial charge in [-0.1, -0.05) is 29.8 Å². The minimum Gasteiger partial charge on any atom is -0.397 e. The van der Waals surface area contributed by atoms with E-state index in [9.17, 15) is 5.11 Å². The van der Waals surface area contributed by atoms with E-state index in [1.54, 1.807) is 0 Å². The number of nitrogen functional groups attached to an aromatic ring is 1. The van der Waals surface area contributed by atoms with E-state index in [0.717, 1.165) is 10.2 Å². The van der Waals surface area contributed by atoms with E-state index >= 15 is 0 Å². The molecule has 0 aliphatic rings. The zero-order valence-corrected chi connectivity index (χ0v) is 10.6. The molecule has 3 nitrogen and oxygen atoms in total. The van der Waals surface area contributed by atoms with Crippen LogP contribution < -0.4 is 11.1 Å². The van der Waals surface area contributed by atoms with Crippen molar-refractivity contribution in [3.63, 3.8) is 0 Å². The Labute approximate surface area is 98.8 Å². The third kappa shape index (κ3) is 3.39. The lowest BCUT2D eigenvalue weighted by Gasteiger charge is -2.22. The van der Waals surface area contributed by atoms with Crippen molar-refractivity contribution in [3.8, 4) is 0 Å². The molecule has 1 aromatic carbocycles. The normalized spacial score (nSPS) is 12.9. The molecule has 0 saturated carbocycles. The van der Waals surface area contributed by atoms with Crippen molar-refractivity contribution in [1.82, 2.24) is 0 Å². The molecular formula is C11H17BrN2O. The molecule has 0 aliphatic carbocycles. The fourth-order valence-electron chi connectivity index (χ4n) is 1.28. The first-order valence-corrected chi connectivity index (χ1v) is 5.76.